The highest BCUT2D eigenvalue weighted by molar-refractivity contribution is 6.04. The van der Waals surface area contributed by atoms with Crippen molar-refractivity contribution in [3.8, 4) is 6.07 Å². The molecule has 0 bridgehead atoms. The molecular formula is C24H24N6O3. The van der Waals surface area contributed by atoms with Gasteiger partial charge in [-0.2, -0.15) is 5.26 Å². The molecule has 2 aromatic carbocycles. The van der Waals surface area contributed by atoms with Crippen molar-refractivity contribution >= 4 is 40.4 Å². The molecule has 9 heteroatoms. The number of carbonyl (C=O) groups excluding carboxylic acids is 3. The van der Waals surface area contributed by atoms with Crippen LogP contribution in [0.4, 0.5) is 11.6 Å². The number of hydrogen-bond donors (Lipinski definition) is 2. The van der Waals surface area contributed by atoms with Gasteiger partial charge >= 0.3 is 0 Å². The molecular weight excluding hydrogens is 420 g/mol. The van der Waals surface area contributed by atoms with E-state index in [2.05, 4.69) is 10.3 Å². The number of nitrogens with one attached hydrogen (secondary N) is 1. The van der Waals surface area contributed by atoms with Crippen LogP contribution in [0.3, 0.4) is 0 Å². The van der Waals surface area contributed by atoms with Crippen molar-refractivity contribution in [1.82, 2.24) is 9.55 Å². The largest absolute Gasteiger partial charge is 0.370 e. The van der Waals surface area contributed by atoms with Gasteiger partial charge in [-0.15, -0.1) is 0 Å². The normalized spacial score (nSPS) is 13.2. The zero-order valence-electron chi connectivity index (χ0n) is 18.2. The third kappa shape index (κ3) is 4.55. The number of hydrogen-bond acceptors (Lipinski definition) is 5. The lowest BCUT2D eigenvalue weighted by Crippen LogP contribution is -2.36. The minimum atomic E-state index is -0.469. The van der Waals surface area contributed by atoms with Crippen LogP contribution in [0, 0.1) is 17.2 Å². The number of imidazole rings is 1. The summed E-state index contributed by atoms with van der Waals surface area (Å²) in [6.07, 6.45) is 2.99. The van der Waals surface area contributed by atoms with Gasteiger partial charge in [-0.1, -0.05) is 6.42 Å². The lowest BCUT2D eigenvalue weighted by Gasteiger charge is -2.29. The van der Waals surface area contributed by atoms with Crippen LogP contribution in [0.15, 0.2) is 42.5 Å². The number of primary amides is 1. The van der Waals surface area contributed by atoms with Crippen molar-refractivity contribution < 1.29 is 14.4 Å². The van der Waals surface area contributed by atoms with E-state index in [0.717, 1.165) is 19.3 Å². The Morgan fingerprint density at radius 1 is 1.21 bits per heavy atom. The quantitative estimate of drug-likeness (QED) is 0.578. The number of amides is 3. The standard InChI is InChI=1S/C24H24N6O3/c1-29(23(33)17-3-2-4-17)18-9-10-20-19(13-18)27-24(30(20)12-11-21(26)31)28-22(32)16-7-5-15(14-25)6-8-16/h5-10,13,17H,2-4,11-12H2,1H3,(H2,26,31)(H,27,28,32). The van der Waals surface area contributed by atoms with Crippen LogP contribution in [0.5, 0.6) is 0 Å². The van der Waals surface area contributed by atoms with Crippen molar-refractivity contribution in [1.29, 1.82) is 5.26 Å². The Hall–Kier alpha value is -4.19. The van der Waals surface area contributed by atoms with Crippen molar-refractivity contribution in [2.75, 3.05) is 17.3 Å². The summed E-state index contributed by atoms with van der Waals surface area (Å²) >= 11 is 0. The number of rotatable bonds is 7. The molecule has 168 valence electrons. The Morgan fingerprint density at radius 3 is 2.55 bits per heavy atom. The zero-order chi connectivity index (χ0) is 23.5. The van der Waals surface area contributed by atoms with Crippen LogP contribution in [0.25, 0.3) is 11.0 Å². The van der Waals surface area contributed by atoms with E-state index in [4.69, 9.17) is 11.0 Å². The highest BCUT2D eigenvalue weighted by Crippen LogP contribution is 2.31. The molecule has 3 amide bonds. The fourth-order valence-corrected chi connectivity index (χ4v) is 3.80. The molecule has 0 radical (unpaired) electrons. The molecule has 33 heavy (non-hydrogen) atoms. The lowest BCUT2D eigenvalue weighted by molar-refractivity contribution is -0.124. The first-order chi connectivity index (χ1) is 15.9. The van der Waals surface area contributed by atoms with Crippen molar-refractivity contribution in [3.05, 3.63) is 53.6 Å². The van der Waals surface area contributed by atoms with E-state index < -0.39 is 11.8 Å². The fourth-order valence-electron chi connectivity index (χ4n) is 3.80. The van der Waals surface area contributed by atoms with Crippen LogP contribution in [-0.4, -0.2) is 34.3 Å². The number of anilines is 2. The molecule has 3 N–H and O–H groups in total. The molecule has 0 aliphatic heterocycles. The number of aromatic nitrogens is 2. The molecule has 0 unspecified atom stereocenters. The van der Waals surface area contributed by atoms with E-state index in [1.807, 2.05) is 18.2 Å². The number of nitrogens with zero attached hydrogens (tertiary/aromatic N) is 4. The van der Waals surface area contributed by atoms with Gasteiger partial charge in [0.2, 0.25) is 17.8 Å². The van der Waals surface area contributed by atoms with Gasteiger partial charge in [0.25, 0.3) is 5.91 Å². The number of aryl methyl sites for hydroxylation is 1. The highest BCUT2D eigenvalue weighted by atomic mass is 16.2. The van der Waals surface area contributed by atoms with Crippen molar-refractivity contribution in [2.24, 2.45) is 11.7 Å². The Bertz CT molecular complexity index is 1270. The first kappa shape index (κ1) is 22.0. The van der Waals surface area contributed by atoms with Gasteiger partial charge in [0.15, 0.2) is 0 Å². The highest BCUT2D eigenvalue weighted by Gasteiger charge is 2.28. The third-order valence-electron chi connectivity index (χ3n) is 5.99. The van der Waals surface area contributed by atoms with Crippen LogP contribution in [0.1, 0.15) is 41.6 Å². The molecule has 0 saturated heterocycles. The van der Waals surface area contributed by atoms with E-state index >= 15 is 0 Å². The van der Waals surface area contributed by atoms with E-state index in [1.54, 1.807) is 46.8 Å². The van der Waals surface area contributed by atoms with Gasteiger partial charge in [-0.3, -0.25) is 19.7 Å². The van der Waals surface area contributed by atoms with Gasteiger partial charge in [-0.25, -0.2) is 4.98 Å². The molecule has 1 aliphatic carbocycles. The molecule has 1 aliphatic rings. The molecule has 1 aromatic heterocycles. The van der Waals surface area contributed by atoms with E-state index in [9.17, 15) is 14.4 Å². The number of fused-ring (bicyclic) bond motifs is 1. The van der Waals surface area contributed by atoms with E-state index in [1.165, 1.54) is 0 Å². The second kappa shape index (κ2) is 9.12. The van der Waals surface area contributed by atoms with Gasteiger partial charge in [0.1, 0.15) is 0 Å². The maximum Gasteiger partial charge on any atom is 0.257 e. The smallest absolute Gasteiger partial charge is 0.257 e. The lowest BCUT2D eigenvalue weighted by atomic mass is 9.84. The van der Waals surface area contributed by atoms with Crippen LogP contribution in [0.2, 0.25) is 0 Å². The Morgan fingerprint density at radius 2 is 1.94 bits per heavy atom. The van der Waals surface area contributed by atoms with Crippen LogP contribution < -0.4 is 16.0 Å². The Kier molecular flexibility index (Phi) is 6.09. The monoisotopic (exact) mass is 444 g/mol. The van der Waals surface area contributed by atoms with E-state index in [-0.39, 0.29) is 30.7 Å². The maximum absolute atomic E-state index is 12.8. The Labute approximate surface area is 190 Å². The van der Waals surface area contributed by atoms with Gasteiger partial charge in [0.05, 0.1) is 22.7 Å². The summed E-state index contributed by atoms with van der Waals surface area (Å²) in [6.45, 7) is 0.241. The Balaban J connectivity index is 1.65. The average molecular weight is 444 g/mol. The summed E-state index contributed by atoms with van der Waals surface area (Å²) in [5.41, 5.74) is 8.16. The molecule has 1 saturated carbocycles. The summed E-state index contributed by atoms with van der Waals surface area (Å²) in [5, 5.41) is 11.7. The van der Waals surface area contributed by atoms with Gasteiger partial charge < -0.3 is 15.2 Å². The van der Waals surface area contributed by atoms with Crippen molar-refractivity contribution in [2.45, 2.75) is 32.2 Å². The molecule has 4 rings (SSSR count). The molecule has 3 aromatic rings. The van der Waals surface area contributed by atoms with E-state index in [0.29, 0.717) is 27.8 Å². The summed E-state index contributed by atoms with van der Waals surface area (Å²) in [5.74, 6) is -0.439. The zero-order valence-corrected chi connectivity index (χ0v) is 18.2. The molecule has 0 atom stereocenters. The average Bonchev–Trinajstić information content (AvgIpc) is 3.11. The summed E-state index contributed by atoms with van der Waals surface area (Å²) in [7, 11) is 1.75. The maximum atomic E-state index is 12.8. The van der Waals surface area contributed by atoms with Crippen LogP contribution >= 0.6 is 0 Å². The summed E-state index contributed by atoms with van der Waals surface area (Å²) in [4.78, 5) is 43.0. The molecule has 1 fully saturated rings. The molecule has 0 spiro atoms. The summed E-state index contributed by atoms with van der Waals surface area (Å²) < 4.78 is 1.72. The summed E-state index contributed by atoms with van der Waals surface area (Å²) in [6, 6.07) is 13.7. The predicted molar refractivity (Wildman–Crippen MR) is 123 cm³/mol. The molecule has 9 nitrogen and oxygen atoms in total. The minimum absolute atomic E-state index is 0.0705. The van der Waals surface area contributed by atoms with Crippen LogP contribution in [-0.2, 0) is 16.1 Å². The minimum Gasteiger partial charge on any atom is -0.370 e. The fraction of sp³-hybridized carbons (Fsp3) is 0.292. The van der Waals surface area contributed by atoms with Crippen molar-refractivity contribution in [3.63, 3.8) is 0 Å². The number of nitriles is 1. The van der Waals surface area contributed by atoms with Gasteiger partial charge in [0, 0.05) is 37.2 Å². The number of carbonyl (C=O) groups is 3. The molecule has 1 heterocycles. The second-order valence-electron chi connectivity index (χ2n) is 8.14. The number of benzene rings is 2. The SMILES string of the molecule is CN(C(=O)C1CCC1)c1ccc2c(c1)nc(NC(=O)c1ccc(C#N)cc1)n2CCC(N)=O. The predicted octanol–water partition coefficient (Wildman–Crippen LogP) is 2.80. The second-order valence-corrected chi connectivity index (χ2v) is 8.14. The first-order valence-electron chi connectivity index (χ1n) is 10.7. The number of nitrogens with two attached hydrogens (primary N) is 1. The van der Waals surface area contributed by atoms with Gasteiger partial charge in [-0.05, 0) is 55.3 Å². The third-order valence-corrected chi connectivity index (χ3v) is 5.99. The topological polar surface area (TPSA) is 134 Å². The first-order valence-corrected chi connectivity index (χ1v) is 10.7.